The van der Waals surface area contributed by atoms with Gasteiger partial charge in [0.15, 0.2) is 0 Å². The summed E-state index contributed by atoms with van der Waals surface area (Å²) in [6, 6.07) is 11.7. The van der Waals surface area contributed by atoms with E-state index in [0.717, 1.165) is 24.4 Å². The summed E-state index contributed by atoms with van der Waals surface area (Å²) >= 11 is 0.927. The summed E-state index contributed by atoms with van der Waals surface area (Å²) in [7, 11) is -2.82. The van der Waals surface area contributed by atoms with Crippen molar-refractivity contribution < 1.29 is 43.0 Å². The second kappa shape index (κ2) is 15.1. The molecule has 2 unspecified atom stereocenters. The highest BCUT2D eigenvalue weighted by molar-refractivity contribution is 8.00. The van der Waals surface area contributed by atoms with Crippen molar-refractivity contribution in [1.29, 1.82) is 0 Å². The molecule has 0 radical (unpaired) electrons. The van der Waals surface area contributed by atoms with Gasteiger partial charge in [-0.2, -0.15) is 0 Å². The van der Waals surface area contributed by atoms with Gasteiger partial charge in [0.05, 0.1) is 29.3 Å². The van der Waals surface area contributed by atoms with Crippen molar-refractivity contribution in [2.75, 3.05) is 25.6 Å². The van der Waals surface area contributed by atoms with Crippen molar-refractivity contribution in [3.8, 4) is 0 Å². The maximum Gasteiger partial charge on any atom is 0.408 e. The molecule has 206 valence electrons. The number of rotatable bonds is 14. The zero-order valence-electron chi connectivity index (χ0n) is 20.9. The number of nitro groups is 1. The summed E-state index contributed by atoms with van der Waals surface area (Å²) in [5, 5.41) is 13.9. The average Bonchev–Trinajstić information content (AvgIpc) is 2.89. The molecule has 14 heteroatoms. The fourth-order valence-corrected chi connectivity index (χ4v) is 5.65. The molecule has 1 amide bonds. The molecule has 12 nitrogen and oxygen atoms in total. The van der Waals surface area contributed by atoms with E-state index in [4.69, 9.17) is 9.47 Å². The van der Waals surface area contributed by atoms with Gasteiger partial charge in [-0.25, -0.2) is 9.59 Å². The molecule has 2 aromatic rings. The first-order valence-electron chi connectivity index (χ1n) is 11.5. The molecule has 0 heterocycles. The Balaban J connectivity index is 2.00. The van der Waals surface area contributed by atoms with Crippen LogP contribution < -0.4 is 5.32 Å². The van der Waals surface area contributed by atoms with Gasteiger partial charge in [0.1, 0.15) is 12.6 Å². The number of carbonyl (C=O) groups excluding carboxylic acids is 3. The summed E-state index contributed by atoms with van der Waals surface area (Å²) in [5.41, 5.74) is 0.650. The molecule has 2 aromatic carbocycles. The highest BCUT2D eigenvalue weighted by Gasteiger charge is 2.28. The molecule has 38 heavy (non-hydrogen) atoms. The number of hydrogen-bond acceptors (Lipinski definition) is 10. The molecule has 2 atom stereocenters. The SMILES string of the molecule is CCOC(=O)CSc1ccc(CP(=O)(O)CCC(NC(=O)OCc2ccccc2)C(=O)OC)cc1[N+](=O)[O-]. The number of nitrogens with zero attached hydrogens (tertiary/aromatic N) is 1. The normalized spacial score (nSPS) is 13.0. The van der Waals surface area contributed by atoms with Gasteiger partial charge >= 0.3 is 18.0 Å². The molecule has 2 N–H and O–H groups in total. The molecule has 0 saturated heterocycles. The lowest BCUT2D eigenvalue weighted by atomic mass is 10.2. The molecule has 2 rings (SSSR count). The molecular formula is C24H29N2O10PS. The van der Waals surface area contributed by atoms with Crippen molar-refractivity contribution in [3.63, 3.8) is 0 Å². The first-order valence-corrected chi connectivity index (χ1v) is 14.5. The van der Waals surface area contributed by atoms with Crippen LogP contribution in [-0.4, -0.2) is 59.5 Å². The fourth-order valence-electron chi connectivity index (χ4n) is 3.26. The molecule has 0 spiro atoms. The Bertz CT molecular complexity index is 1180. The van der Waals surface area contributed by atoms with Gasteiger partial charge < -0.3 is 24.4 Å². The van der Waals surface area contributed by atoms with E-state index in [-0.39, 0.29) is 47.7 Å². The number of amides is 1. The number of ether oxygens (including phenoxy) is 3. The van der Waals surface area contributed by atoms with Crippen LogP contribution >= 0.6 is 19.1 Å². The highest BCUT2D eigenvalue weighted by Crippen LogP contribution is 2.46. The lowest BCUT2D eigenvalue weighted by Gasteiger charge is -2.18. The third kappa shape index (κ3) is 10.5. The number of thioether (sulfide) groups is 1. The van der Waals surface area contributed by atoms with Crippen LogP contribution in [0.15, 0.2) is 53.4 Å². The molecule has 0 saturated carbocycles. The molecule has 0 aliphatic rings. The van der Waals surface area contributed by atoms with E-state index in [1.807, 2.05) is 6.07 Å². The van der Waals surface area contributed by atoms with Crippen molar-refractivity contribution in [2.45, 2.75) is 37.1 Å². The predicted octanol–water partition coefficient (Wildman–Crippen LogP) is 3.88. The van der Waals surface area contributed by atoms with Gasteiger partial charge in [-0.1, -0.05) is 36.4 Å². The van der Waals surface area contributed by atoms with Gasteiger partial charge in [0.25, 0.3) is 5.69 Å². The molecule has 0 aromatic heterocycles. The van der Waals surface area contributed by atoms with Gasteiger partial charge in [0, 0.05) is 18.4 Å². The Morgan fingerprint density at radius 3 is 2.47 bits per heavy atom. The van der Waals surface area contributed by atoms with Gasteiger partial charge in [-0.05, 0) is 30.5 Å². The van der Waals surface area contributed by atoms with Crippen molar-refractivity contribution in [1.82, 2.24) is 5.32 Å². The summed E-state index contributed by atoms with van der Waals surface area (Å²) < 4.78 is 27.5. The third-order valence-electron chi connectivity index (χ3n) is 5.06. The minimum atomic E-state index is -3.93. The zero-order chi connectivity index (χ0) is 28.1. The Morgan fingerprint density at radius 2 is 1.84 bits per heavy atom. The molecule has 0 aliphatic heterocycles. The monoisotopic (exact) mass is 568 g/mol. The largest absolute Gasteiger partial charge is 0.467 e. The number of methoxy groups -OCH3 is 1. The Morgan fingerprint density at radius 1 is 1.13 bits per heavy atom. The van der Waals surface area contributed by atoms with E-state index < -0.39 is 42.5 Å². The van der Waals surface area contributed by atoms with Crippen LogP contribution in [0.3, 0.4) is 0 Å². The summed E-state index contributed by atoms with van der Waals surface area (Å²) in [5.74, 6) is -1.46. The Hall–Kier alpha value is -3.41. The fraction of sp³-hybridized carbons (Fsp3) is 0.375. The second-order valence-corrected chi connectivity index (χ2v) is 11.4. The van der Waals surface area contributed by atoms with Crippen LogP contribution in [0.4, 0.5) is 10.5 Å². The molecule has 0 aliphatic carbocycles. The summed E-state index contributed by atoms with van der Waals surface area (Å²) in [6.45, 7) is 1.80. The molecule has 0 fully saturated rings. The van der Waals surface area contributed by atoms with E-state index in [2.05, 4.69) is 10.1 Å². The van der Waals surface area contributed by atoms with Gasteiger partial charge in [-0.15, -0.1) is 11.8 Å². The topological polar surface area (TPSA) is 171 Å². The van der Waals surface area contributed by atoms with Gasteiger partial charge in [0.2, 0.25) is 7.37 Å². The minimum absolute atomic E-state index is 0.0358. The standard InChI is InChI=1S/C24H29N2O10PS/c1-3-35-22(27)16-38-21-10-9-18(13-20(21)26(30)31)15-37(32,33)12-11-19(23(28)34-2)25-24(29)36-14-17-7-5-4-6-8-17/h4-10,13,19H,3,11-12,14-16H2,1-2H3,(H,25,29)(H,32,33). The predicted molar refractivity (Wildman–Crippen MR) is 139 cm³/mol. The van der Waals surface area contributed by atoms with Crippen molar-refractivity contribution >= 4 is 42.8 Å². The van der Waals surface area contributed by atoms with E-state index in [0.29, 0.717) is 0 Å². The highest BCUT2D eigenvalue weighted by atomic mass is 32.2. The maximum atomic E-state index is 12.9. The number of esters is 2. The lowest BCUT2D eigenvalue weighted by Crippen LogP contribution is -2.42. The number of hydrogen-bond donors (Lipinski definition) is 2. The molecular weight excluding hydrogens is 539 g/mol. The van der Waals surface area contributed by atoms with Crippen LogP contribution in [0.5, 0.6) is 0 Å². The lowest BCUT2D eigenvalue weighted by molar-refractivity contribution is -0.387. The van der Waals surface area contributed by atoms with Crippen LogP contribution in [-0.2, 0) is 41.1 Å². The Kier molecular flexibility index (Phi) is 12.3. The number of nitrogens with one attached hydrogen (secondary N) is 1. The van der Waals surface area contributed by atoms with E-state index in [1.54, 1.807) is 31.2 Å². The smallest absolute Gasteiger partial charge is 0.408 e. The summed E-state index contributed by atoms with van der Waals surface area (Å²) in [4.78, 5) is 57.5. The third-order valence-corrected chi connectivity index (χ3v) is 7.91. The second-order valence-electron chi connectivity index (χ2n) is 7.95. The number of carbonyl (C=O) groups is 3. The van der Waals surface area contributed by atoms with Crippen LogP contribution in [0.2, 0.25) is 0 Å². The molecule has 0 bridgehead atoms. The number of alkyl carbamates (subject to hydrolysis) is 1. The van der Waals surface area contributed by atoms with Crippen LogP contribution in [0.25, 0.3) is 0 Å². The number of nitro benzene ring substituents is 1. The van der Waals surface area contributed by atoms with E-state index >= 15 is 0 Å². The van der Waals surface area contributed by atoms with Crippen LogP contribution in [0, 0.1) is 10.1 Å². The average molecular weight is 569 g/mol. The van der Waals surface area contributed by atoms with Gasteiger partial charge in [-0.3, -0.25) is 19.5 Å². The number of benzene rings is 2. The maximum absolute atomic E-state index is 12.9. The minimum Gasteiger partial charge on any atom is -0.467 e. The van der Waals surface area contributed by atoms with Crippen LogP contribution in [0.1, 0.15) is 24.5 Å². The van der Waals surface area contributed by atoms with E-state index in [1.165, 1.54) is 18.2 Å². The quantitative estimate of drug-likeness (QED) is 0.0846. The van der Waals surface area contributed by atoms with Crippen molar-refractivity contribution in [3.05, 3.63) is 69.8 Å². The zero-order valence-corrected chi connectivity index (χ0v) is 22.6. The summed E-state index contributed by atoms with van der Waals surface area (Å²) in [6.07, 6.45) is -1.90. The van der Waals surface area contributed by atoms with Crippen molar-refractivity contribution in [2.24, 2.45) is 0 Å². The first kappa shape index (κ1) is 30.8. The van der Waals surface area contributed by atoms with E-state index in [9.17, 15) is 34.0 Å². The first-order chi connectivity index (χ1) is 18.0. The Labute approximate surface area is 223 Å².